The molecule has 38 heavy (non-hydrogen) atoms. The third-order valence-electron chi connectivity index (χ3n) is 7.93. The third-order valence-corrected chi connectivity index (χ3v) is 9.89. The van der Waals surface area contributed by atoms with E-state index in [-0.39, 0.29) is 11.5 Å². The maximum absolute atomic E-state index is 13.2. The van der Waals surface area contributed by atoms with E-state index in [0.717, 1.165) is 63.7 Å². The minimum absolute atomic E-state index is 0.151. The fraction of sp³-hybridized carbons (Fsp3) is 0.429. The average Bonchev–Trinajstić information content (AvgIpc) is 3.63. The normalized spacial score (nSPS) is 17.7. The highest BCUT2D eigenvalue weighted by Crippen LogP contribution is 2.51. The number of carbonyl (C=O) groups is 2. The van der Waals surface area contributed by atoms with Gasteiger partial charge in [-0.2, -0.15) is 0 Å². The smallest absolute Gasteiger partial charge is 0.349 e. The molecule has 1 aliphatic heterocycles. The molecule has 0 radical (unpaired) electrons. The molecular weight excluding hydrogens is 520 g/mol. The van der Waals surface area contributed by atoms with E-state index in [1.807, 2.05) is 22.9 Å². The summed E-state index contributed by atoms with van der Waals surface area (Å²) < 4.78 is 5.87. The van der Waals surface area contributed by atoms with E-state index in [4.69, 9.17) is 16.3 Å². The maximum Gasteiger partial charge on any atom is 0.349 e. The monoisotopic (exact) mass is 554 g/mol. The lowest BCUT2D eigenvalue weighted by Crippen LogP contribution is -2.52. The summed E-state index contributed by atoms with van der Waals surface area (Å²) in [5, 5.41) is 16.8. The minimum Gasteiger partial charge on any atom is -0.460 e. The van der Waals surface area contributed by atoms with Crippen molar-refractivity contribution < 1.29 is 19.4 Å². The summed E-state index contributed by atoms with van der Waals surface area (Å²) in [6, 6.07) is 12.4. The number of aliphatic hydroxyl groups is 1. The number of anilines is 2. The number of esters is 1. The summed E-state index contributed by atoms with van der Waals surface area (Å²) in [7, 11) is 0. The number of nitrogens with zero attached hydrogens (tertiary/aromatic N) is 2. The molecule has 0 unspecified atom stereocenters. The van der Waals surface area contributed by atoms with Gasteiger partial charge < -0.3 is 25.5 Å². The highest BCUT2D eigenvalue weighted by Gasteiger charge is 2.51. The van der Waals surface area contributed by atoms with E-state index < -0.39 is 11.6 Å². The summed E-state index contributed by atoms with van der Waals surface area (Å²) in [5.74, 6) is 5.64. The van der Waals surface area contributed by atoms with Gasteiger partial charge in [0.1, 0.15) is 12.4 Å². The van der Waals surface area contributed by atoms with Gasteiger partial charge in [0.15, 0.2) is 0 Å². The number of thiophene rings is 2. The number of nitrogens with two attached hydrogens (primary N) is 2. The fourth-order valence-corrected chi connectivity index (χ4v) is 7.38. The van der Waals surface area contributed by atoms with Crippen LogP contribution in [0.5, 0.6) is 0 Å². The first-order chi connectivity index (χ1) is 18.3. The molecule has 2 aliphatic rings. The number of hydrogen-bond acceptors (Lipinski definition) is 10. The first-order valence-electron chi connectivity index (χ1n) is 12.9. The van der Waals surface area contributed by atoms with E-state index in [2.05, 4.69) is 4.90 Å². The van der Waals surface area contributed by atoms with Gasteiger partial charge in [0.05, 0.1) is 21.1 Å². The Balaban J connectivity index is 1.07. The maximum atomic E-state index is 13.2. The predicted octanol–water partition coefficient (Wildman–Crippen LogP) is 4.00. The van der Waals surface area contributed by atoms with Gasteiger partial charge in [0.2, 0.25) is 5.60 Å². The van der Waals surface area contributed by atoms with Gasteiger partial charge in [-0.15, -0.1) is 22.7 Å². The molecule has 1 saturated carbocycles. The van der Waals surface area contributed by atoms with Crippen molar-refractivity contribution in [2.45, 2.75) is 43.8 Å². The first kappa shape index (κ1) is 26.8. The SMILES string of the molecule is Nc1cc(C=O)ccc1N(N)CCCN1CCC2(CC1)CC(OC(=O)C(O)(c1cccs1)c1cccs1)C2. The highest BCUT2D eigenvalue weighted by atomic mass is 32.1. The number of aldehydes is 1. The van der Waals surface area contributed by atoms with Crippen LogP contribution < -0.4 is 16.6 Å². The number of ether oxygens (including phenoxy) is 1. The lowest BCUT2D eigenvalue weighted by molar-refractivity contribution is -0.181. The van der Waals surface area contributed by atoms with Gasteiger partial charge in [0.25, 0.3) is 0 Å². The predicted molar refractivity (Wildman–Crippen MR) is 151 cm³/mol. The van der Waals surface area contributed by atoms with Gasteiger partial charge in [-0.05, 0) is 98.2 Å². The van der Waals surface area contributed by atoms with Crippen LogP contribution in [0.3, 0.4) is 0 Å². The zero-order valence-corrected chi connectivity index (χ0v) is 22.9. The van der Waals surface area contributed by atoms with E-state index in [9.17, 15) is 14.7 Å². The summed E-state index contributed by atoms with van der Waals surface area (Å²) >= 11 is 2.72. The number of carbonyl (C=O) groups excluding carboxylic acids is 2. The zero-order valence-electron chi connectivity index (χ0n) is 21.3. The first-order valence-corrected chi connectivity index (χ1v) is 14.7. The quantitative estimate of drug-likeness (QED) is 0.113. The van der Waals surface area contributed by atoms with Gasteiger partial charge in [-0.25, -0.2) is 10.6 Å². The van der Waals surface area contributed by atoms with Crippen LogP contribution in [0, 0.1) is 5.41 Å². The Hall–Kier alpha value is -2.76. The number of hydrazine groups is 1. The van der Waals surface area contributed by atoms with E-state index in [1.54, 1.807) is 35.3 Å². The van der Waals surface area contributed by atoms with E-state index >= 15 is 0 Å². The fourth-order valence-electron chi connectivity index (χ4n) is 5.67. The van der Waals surface area contributed by atoms with Gasteiger partial charge in [0, 0.05) is 12.1 Å². The van der Waals surface area contributed by atoms with Crippen LogP contribution in [0.2, 0.25) is 0 Å². The molecule has 1 aromatic carbocycles. The van der Waals surface area contributed by atoms with Crippen molar-refractivity contribution in [1.29, 1.82) is 0 Å². The van der Waals surface area contributed by atoms with Crippen molar-refractivity contribution in [2.75, 3.05) is 36.9 Å². The van der Waals surface area contributed by atoms with Crippen LogP contribution >= 0.6 is 22.7 Å². The summed E-state index contributed by atoms with van der Waals surface area (Å²) in [6.07, 6.45) is 5.38. The molecule has 1 aliphatic carbocycles. The Morgan fingerprint density at radius 3 is 2.37 bits per heavy atom. The topological polar surface area (TPSA) is 122 Å². The molecular formula is C28H34N4O4S2. The lowest BCUT2D eigenvalue weighted by atomic mass is 9.61. The molecule has 5 N–H and O–H groups in total. The molecule has 3 aromatic rings. The Labute approximate surface area is 230 Å². The van der Waals surface area contributed by atoms with Crippen molar-refractivity contribution in [2.24, 2.45) is 11.3 Å². The summed E-state index contributed by atoms with van der Waals surface area (Å²) in [5.41, 5.74) is 6.29. The Morgan fingerprint density at radius 2 is 1.82 bits per heavy atom. The molecule has 2 fully saturated rings. The van der Waals surface area contributed by atoms with Gasteiger partial charge in [-0.1, -0.05) is 12.1 Å². The number of likely N-dealkylation sites (tertiary alicyclic amines) is 1. The van der Waals surface area contributed by atoms with Gasteiger partial charge in [-0.3, -0.25) is 4.79 Å². The molecule has 10 heteroatoms. The molecule has 1 spiro atoms. The molecule has 5 rings (SSSR count). The van der Waals surface area contributed by atoms with Crippen LogP contribution in [0.1, 0.15) is 52.2 Å². The molecule has 3 heterocycles. The summed E-state index contributed by atoms with van der Waals surface area (Å²) in [6.45, 7) is 3.64. The van der Waals surface area contributed by atoms with E-state index in [0.29, 0.717) is 27.5 Å². The van der Waals surface area contributed by atoms with Crippen molar-refractivity contribution >= 4 is 46.3 Å². The molecule has 1 saturated heterocycles. The number of piperidine rings is 1. The van der Waals surface area contributed by atoms with Crippen molar-refractivity contribution in [3.63, 3.8) is 0 Å². The Morgan fingerprint density at radius 1 is 1.16 bits per heavy atom. The zero-order chi connectivity index (χ0) is 26.8. The second kappa shape index (κ2) is 11.2. The van der Waals surface area contributed by atoms with Crippen molar-refractivity contribution in [3.05, 3.63) is 68.5 Å². The third kappa shape index (κ3) is 5.37. The van der Waals surface area contributed by atoms with E-state index in [1.165, 1.54) is 22.7 Å². The standard InChI is InChI=1S/C28H34N4O4S2/c29-22-16-20(19-33)6-7-23(22)32(30)11-3-10-31-12-8-27(9-13-31)17-21(18-27)36-26(34)28(35,24-4-1-14-37-24)25-5-2-15-38-25/h1-2,4-7,14-16,19,21,35H,3,8-13,17-18,29-30H2. The number of nitrogen functional groups attached to an aromatic ring is 1. The van der Waals surface area contributed by atoms with Crippen molar-refractivity contribution in [3.8, 4) is 0 Å². The molecule has 2 aromatic heterocycles. The van der Waals surface area contributed by atoms with Crippen LogP contribution in [0.4, 0.5) is 11.4 Å². The van der Waals surface area contributed by atoms with Crippen LogP contribution in [0.15, 0.2) is 53.2 Å². The number of hydrogen-bond donors (Lipinski definition) is 3. The van der Waals surface area contributed by atoms with Gasteiger partial charge >= 0.3 is 5.97 Å². The molecule has 0 amide bonds. The van der Waals surface area contributed by atoms with Crippen LogP contribution in [-0.2, 0) is 15.1 Å². The average molecular weight is 555 g/mol. The molecule has 202 valence electrons. The molecule has 0 atom stereocenters. The van der Waals surface area contributed by atoms with Crippen LogP contribution in [-0.4, -0.2) is 54.5 Å². The highest BCUT2D eigenvalue weighted by molar-refractivity contribution is 7.12. The minimum atomic E-state index is -1.74. The Bertz CT molecular complexity index is 1200. The molecule has 0 bridgehead atoms. The number of benzene rings is 1. The summed E-state index contributed by atoms with van der Waals surface area (Å²) in [4.78, 5) is 27.8. The van der Waals surface area contributed by atoms with Crippen molar-refractivity contribution in [1.82, 2.24) is 4.90 Å². The largest absolute Gasteiger partial charge is 0.460 e. The van der Waals surface area contributed by atoms with Crippen LogP contribution in [0.25, 0.3) is 0 Å². The lowest BCUT2D eigenvalue weighted by Gasteiger charge is -2.51. The second-order valence-corrected chi connectivity index (χ2v) is 12.3. The number of rotatable bonds is 10. The molecule has 8 nitrogen and oxygen atoms in total. The second-order valence-electron chi connectivity index (χ2n) is 10.4. The Kier molecular flexibility index (Phi) is 7.88.